The number of carbonyl (C=O) groups excluding carboxylic acids is 1. The first kappa shape index (κ1) is 16.6. The summed E-state index contributed by atoms with van der Waals surface area (Å²) in [5.41, 5.74) is 8.86. The van der Waals surface area contributed by atoms with Crippen LogP contribution in [0, 0.1) is 6.92 Å². The van der Waals surface area contributed by atoms with E-state index in [0.29, 0.717) is 39.3 Å². The molecule has 1 heterocycles. The second-order valence-corrected chi connectivity index (χ2v) is 5.58. The van der Waals surface area contributed by atoms with E-state index in [9.17, 15) is 4.79 Å². The van der Waals surface area contributed by atoms with E-state index < -0.39 is 0 Å². The molecule has 1 aromatic heterocycles. The van der Waals surface area contributed by atoms with Crippen molar-refractivity contribution in [3.63, 3.8) is 0 Å². The quantitative estimate of drug-likeness (QED) is 0.713. The molecule has 0 aliphatic rings. The number of anilines is 2. The summed E-state index contributed by atoms with van der Waals surface area (Å²) >= 11 is 0. The number of nitrogens with zero attached hydrogens (tertiary/aromatic N) is 1. The number of ether oxygens (including phenoxy) is 2. The van der Waals surface area contributed by atoms with Crippen molar-refractivity contribution in [2.75, 3.05) is 25.3 Å². The van der Waals surface area contributed by atoms with Crippen molar-refractivity contribution in [3.05, 3.63) is 53.7 Å². The minimum atomic E-state index is -0.263. The van der Waals surface area contributed by atoms with Gasteiger partial charge in [-0.1, -0.05) is 12.1 Å². The predicted molar refractivity (Wildman–Crippen MR) is 98.4 cm³/mol. The van der Waals surface area contributed by atoms with Gasteiger partial charge < -0.3 is 20.5 Å². The maximum atomic E-state index is 12.8. The van der Waals surface area contributed by atoms with E-state index in [1.165, 1.54) is 0 Å². The second kappa shape index (κ2) is 6.68. The van der Waals surface area contributed by atoms with Crippen LogP contribution in [0.2, 0.25) is 0 Å². The van der Waals surface area contributed by atoms with Gasteiger partial charge in [0.2, 0.25) is 0 Å². The van der Waals surface area contributed by atoms with Crippen molar-refractivity contribution >= 4 is 28.2 Å². The number of para-hydroxylation sites is 2. The zero-order valence-electron chi connectivity index (χ0n) is 14.3. The first-order valence-electron chi connectivity index (χ1n) is 7.72. The number of nitrogens with one attached hydrogen (secondary N) is 1. The number of carbonyl (C=O) groups is 1. The van der Waals surface area contributed by atoms with Crippen molar-refractivity contribution < 1.29 is 14.3 Å². The molecule has 3 N–H and O–H groups in total. The average Bonchev–Trinajstić information content (AvgIpc) is 2.61. The Morgan fingerprint density at radius 1 is 1.08 bits per heavy atom. The van der Waals surface area contributed by atoms with Crippen molar-refractivity contribution in [3.8, 4) is 11.5 Å². The third kappa shape index (κ3) is 3.19. The number of rotatable bonds is 4. The summed E-state index contributed by atoms with van der Waals surface area (Å²) in [5, 5.41) is 3.52. The zero-order chi connectivity index (χ0) is 18.0. The van der Waals surface area contributed by atoms with Gasteiger partial charge in [-0.2, -0.15) is 0 Å². The fourth-order valence-corrected chi connectivity index (χ4v) is 2.67. The van der Waals surface area contributed by atoms with Gasteiger partial charge in [0.1, 0.15) is 0 Å². The summed E-state index contributed by atoms with van der Waals surface area (Å²) in [7, 11) is 3.11. The Hall–Kier alpha value is -3.28. The van der Waals surface area contributed by atoms with Crippen LogP contribution in [0.4, 0.5) is 11.4 Å². The molecule has 0 atom stereocenters. The minimum absolute atomic E-state index is 0.263. The Balaban J connectivity index is 2.11. The molecular formula is C19H19N3O3. The van der Waals surface area contributed by atoms with E-state index in [1.807, 2.05) is 19.1 Å². The lowest BCUT2D eigenvalue weighted by Gasteiger charge is -2.13. The largest absolute Gasteiger partial charge is 0.493 e. The lowest BCUT2D eigenvalue weighted by Crippen LogP contribution is -2.14. The molecule has 1 amide bonds. The van der Waals surface area contributed by atoms with Crippen molar-refractivity contribution in [1.29, 1.82) is 0 Å². The Morgan fingerprint density at radius 2 is 1.76 bits per heavy atom. The van der Waals surface area contributed by atoms with Crippen molar-refractivity contribution in [2.24, 2.45) is 0 Å². The molecule has 0 bridgehead atoms. The summed E-state index contributed by atoms with van der Waals surface area (Å²) in [6.07, 6.45) is 0. The first-order valence-corrected chi connectivity index (χ1v) is 7.72. The van der Waals surface area contributed by atoms with E-state index in [2.05, 4.69) is 10.3 Å². The van der Waals surface area contributed by atoms with E-state index >= 15 is 0 Å². The van der Waals surface area contributed by atoms with Crippen molar-refractivity contribution in [2.45, 2.75) is 6.92 Å². The van der Waals surface area contributed by atoms with Crippen LogP contribution in [0.3, 0.4) is 0 Å². The smallest absolute Gasteiger partial charge is 0.256 e. The van der Waals surface area contributed by atoms with Gasteiger partial charge in [0.05, 0.1) is 36.7 Å². The van der Waals surface area contributed by atoms with E-state index in [4.69, 9.17) is 15.2 Å². The predicted octanol–water partition coefficient (Wildman–Crippen LogP) is 3.39. The molecule has 25 heavy (non-hydrogen) atoms. The van der Waals surface area contributed by atoms with Crippen LogP contribution in [-0.2, 0) is 0 Å². The fraction of sp³-hybridized carbons (Fsp3) is 0.158. The second-order valence-electron chi connectivity index (χ2n) is 5.58. The maximum absolute atomic E-state index is 12.8. The molecule has 6 heteroatoms. The minimum Gasteiger partial charge on any atom is -0.493 e. The Morgan fingerprint density at radius 3 is 2.44 bits per heavy atom. The molecule has 2 aromatic carbocycles. The van der Waals surface area contributed by atoms with Gasteiger partial charge in [0.25, 0.3) is 5.91 Å². The number of pyridine rings is 1. The molecule has 0 aliphatic carbocycles. The van der Waals surface area contributed by atoms with Crippen LogP contribution in [0.5, 0.6) is 11.5 Å². The van der Waals surface area contributed by atoms with Crippen LogP contribution in [0.1, 0.15) is 16.1 Å². The highest BCUT2D eigenvalue weighted by atomic mass is 16.5. The summed E-state index contributed by atoms with van der Waals surface area (Å²) in [5.74, 6) is 0.835. The topological polar surface area (TPSA) is 86.5 Å². The van der Waals surface area contributed by atoms with Gasteiger partial charge in [0, 0.05) is 17.1 Å². The molecule has 3 aromatic rings. The van der Waals surface area contributed by atoms with Gasteiger partial charge >= 0.3 is 0 Å². The number of aromatic nitrogens is 1. The van der Waals surface area contributed by atoms with Crippen LogP contribution in [0.25, 0.3) is 10.9 Å². The highest BCUT2D eigenvalue weighted by molar-refractivity contribution is 6.13. The van der Waals surface area contributed by atoms with Gasteiger partial charge in [-0.3, -0.25) is 9.78 Å². The molecular weight excluding hydrogens is 318 g/mol. The number of aryl methyl sites for hydroxylation is 1. The molecule has 6 nitrogen and oxygen atoms in total. The molecule has 0 unspecified atom stereocenters. The molecule has 0 radical (unpaired) electrons. The average molecular weight is 337 g/mol. The molecule has 0 saturated carbocycles. The number of fused-ring (bicyclic) bond motifs is 1. The number of nitrogens with two attached hydrogens (primary N) is 1. The molecule has 128 valence electrons. The summed E-state index contributed by atoms with van der Waals surface area (Å²) in [4.78, 5) is 17.3. The van der Waals surface area contributed by atoms with E-state index in [1.54, 1.807) is 44.6 Å². The Bertz CT molecular complexity index is 954. The lowest BCUT2D eigenvalue weighted by atomic mass is 10.1. The third-order valence-electron chi connectivity index (χ3n) is 3.90. The maximum Gasteiger partial charge on any atom is 0.256 e. The lowest BCUT2D eigenvalue weighted by molar-refractivity contribution is 0.102. The van der Waals surface area contributed by atoms with Crippen LogP contribution in [-0.4, -0.2) is 25.1 Å². The number of benzene rings is 2. The number of hydrogen-bond acceptors (Lipinski definition) is 5. The van der Waals surface area contributed by atoms with Crippen LogP contribution < -0.4 is 20.5 Å². The number of methoxy groups -OCH3 is 2. The Kier molecular flexibility index (Phi) is 4.43. The number of nitrogen functional groups attached to an aromatic ring is 1. The van der Waals surface area contributed by atoms with Gasteiger partial charge in [0.15, 0.2) is 11.5 Å². The first-order chi connectivity index (χ1) is 12.0. The van der Waals surface area contributed by atoms with Crippen LogP contribution >= 0.6 is 0 Å². The van der Waals surface area contributed by atoms with E-state index in [-0.39, 0.29) is 5.91 Å². The highest BCUT2D eigenvalue weighted by Gasteiger charge is 2.16. The SMILES string of the molecule is COc1cc2nc(C)cc(C(=O)Nc3ccccc3N)c2cc1OC. The standard InChI is InChI=1S/C19H19N3O3/c1-11-8-13(19(23)22-15-7-5-4-6-14(15)20)12-9-17(24-2)18(25-3)10-16(12)21-11/h4-10H,20H2,1-3H3,(H,22,23). The van der Waals surface area contributed by atoms with Crippen molar-refractivity contribution in [1.82, 2.24) is 4.98 Å². The zero-order valence-corrected chi connectivity index (χ0v) is 14.3. The molecule has 0 aliphatic heterocycles. The van der Waals surface area contributed by atoms with Gasteiger partial charge in [-0.05, 0) is 31.2 Å². The normalized spacial score (nSPS) is 10.5. The number of hydrogen-bond donors (Lipinski definition) is 2. The van der Waals surface area contributed by atoms with Crippen LogP contribution in [0.15, 0.2) is 42.5 Å². The Labute approximate surface area is 145 Å². The molecule has 0 spiro atoms. The summed E-state index contributed by atoms with van der Waals surface area (Å²) < 4.78 is 10.7. The van der Waals surface area contributed by atoms with Gasteiger partial charge in [-0.25, -0.2) is 0 Å². The van der Waals surface area contributed by atoms with E-state index in [0.717, 1.165) is 5.69 Å². The summed E-state index contributed by atoms with van der Waals surface area (Å²) in [6, 6.07) is 12.4. The third-order valence-corrected chi connectivity index (χ3v) is 3.90. The summed E-state index contributed by atoms with van der Waals surface area (Å²) in [6.45, 7) is 1.84. The number of amides is 1. The van der Waals surface area contributed by atoms with Gasteiger partial charge in [-0.15, -0.1) is 0 Å². The highest BCUT2D eigenvalue weighted by Crippen LogP contribution is 2.33. The molecule has 0 fully saturated rings. The molecule has 0 saturated heterocycles. The molecule has 3 rings (SSSR count). The monoisotopic (exact) mass is 337 g/mol. The fourth-order valence-electron chi connectivity index (χ4n) is 2.67.